The molecule has 2 N–H and O–H groups in total. The van der Waals surface area contributed by atoms with Crippen LogP contribution in [-0.2, 0) is 17.8 Å². The van der Waals surface area contributed by atoms with Crippen molar-refractivity contribution in [3.8, 4) is 0 Å². The van der Waals surface area contributed by atoms with Crippen LogP contribution in [0.4, 0.5) is 4.79 Å². The Bertz CT molecular complexity index is 790. The van der Waals surface area contributed by atoms with E-state index in [0.29, 0.717) is 13.1 Å². The van der Waals surface area contributed by atoms with Crippen molar-refractivity contribution in [3.05, 3.63) is 70.8 Å². The van der Waals surface area contributed by atoms with Gasteiger partial charge in [0.15, 0.2) is 0 Å². The molecular formula is C23H31N3O2. The lowest BCUT2D eigenvalue weighted by Crippen LogP contribution is -2.43. The number of hydrogen-bond donors (Lipinski definition) is 2. The number of urea groups is 1. The van der Waals surface area contributed by atoms with Crippen LogP contribution in [0, 0.1) is 13.8 Å². The Morgan fingerprint density at radius 3 is 2.46 bits per heavy atom. The van der Waals surface area contributed by atoms with E-state index in [1.54, 1.807) is 11.9 Å². The van der Waals surface area contributed by atoms with Gasteiger partial charge >= 0.3 is 6.03 Å². The molecule has 0 aromatic heterocycles. The van der Waals surface area contributed by atoms with Gasteiger partial charge in [0.2, 0.25) is 5.91 Å². The van der Waals surface area contributed by atoms with E-state index in [9.17, 15) is 9.59 Å². The summed E-state index contributed by atoms with van der Waals surface area (Å²) >= 11 is 0. The monoisotopic (exact) mass is 381 g/mol. The molecule has 28 heavy (non-hydrogen) atoms. The summed E-state index contributed by atoms with van der Waals surface area (Å²) in [5, 5.41) is 5.71. The number of carbonyl (C=O) groups is 2. The second kappa shape index (κ2) is 10.5. The normalized spacial score (nSPS) is 11.6. The van der Waals surface area contributed by atoms with Crippen molar-refractivity contribution >= 4 is 11.9 Å². The second-order valence-corrected chi connectivity index (χ2v) is 7.42. The van der Waals surface area contributed by atoms with Crippen molar-refractivity contribution in [1.29, 1.82) is 0 Å². The summed E-state index contributed by atoms with van der Waals surface area (Å²) in [6.45, 7) is 7.04. The first-order chi connectivity index (χ1) is 13.3. The van der Waals surface area contributed by atoms with Crippen LogP contribution in [0.1, 0.15) is 35.6 Å². The van der Waals surface area contributed by atoms with Crippen LogP contribution in [0.25, 0.3) is 0 Å². The molecule has 0 saturated heterocycles. The molecule has 0 spiro atoms. The summed E-state index contributed by atoms with van der Waals surface area (Å²) in [4.78, 5) is 26.0. The Morgan fingerprint density at radius 1 is 1.07 bits per heavy atom. The minimum Gasteiger partial charge on any atom is -0.341 e. The minimum atomic E-state index is -0.240. The molecule has 0 saturated carbocycles. The van der Waals surface area contributed by atoms with Gasteiger partial charge in [-0.05, 0) is 43.9 Å². The highest BCUT2D eigenvalue weighted by atomic mass is 16.2. The van der Waals surface area contributed by atoms with Gasteiger partial charge in [0.05, 0.1) is 0 Å². The Morgan fingerprint density at radius 2 is 1.79 bits per heavy atom. The molecule has 150 valence electrons. The first kappa shape index (κ1) is 21.5. The fourth-order valence-electron chi connectivity index (χ4n) is 3.15. The predicted octanol–water partition coefficient (Wildman–Crippen LogP) is 3.58. The molecule has 5 nitrogen and oxygen atoms in total. The van der Waals surface area contributed by atoms with E-state index in [0.717, 1.165) is 12.0 Å². The van der Waals surface area contributed by atoms with E-state index in [4.69, 9.17) is 0 Å². The van der Waals surface area contributed by atoms with Crippen LogP contribution in [0.2, 0.25) is 0 Å². The lowest BCUT2D eigenvalue weighted by molar-refractivity contribution is -0.130. The number of carbonyl (C=O) groups excluding carboxylic acids is 2. The molecule has 0 aliphatic rings. The molecule has 0 bridgehead atoms. The van der Waals surface area contributed by atoms with Gasteiger partial charge in [-0.15, -0.1) is 0 Å². The molecule has 0 aliphatic heterocycles. The van der Waals surface area contributed by atoms with E-state index in [1.807, 2.05) is 37.3 Å². The van der Waals surface area contributed by atoms with Gasteiger partial charge in [-0.25, -0.2) is 4.79 Å². The van der Waals surface area contributed by atoms with Crippen molar-refractivity contribution in [3.63, 3.8) is 0 Å². The first-order valence-corrected chi connectivity index (χ1v) is 9.73. The minimum absolute atomic E-state index is 0.00693. The smallest absolute Gasteiger partial charge is 0.315 e. The van der Waals surface area contributed by atoms with Crippen molar-refractivity contribution < 1.29 is 9.59 Å². The third-order valence-corrected chi connectivity index (χ3v) is 4.71. The van der Waals surface area contributed by atoms with Crippen LogP contribution in [0.5, 0.6) is 0 Å². The Hall–Kier alpha value is -2.82. The molecular weight excluding hydrogens is 350 g/mol. The van der Waals surface area contributed by atoms with Crippen LogP contribution >= 0.6 is 0 Å². The van der Waals surface area contributed by atoms with E-state index < -0.39 is 0 Å². The van der Waals surface area contributed by atoms with Crippen LogP contribution < -0.4 is 10.6 Å². The molecule has 2 aromatic carbocycles. The maximum absolute atomic E-state index is 12.2. The Balaban J connectivity index is 1.69. The highest BCUT2D eigenvalue weighted by molar-refractivity contribution is 5.78. The first-order valence-electron chi connectivity index (χ1n) is 9.73. The summed E-state index contributed by atoms with van der Waals surface area (Å²) in [6.07, 6.45) is 1.06. The summed E-state index contributed by atoms with van der Waals surface area (Å²) in [6, 6.07) is 16.0. The highest BCUT2D eigenvalue weighted by Gasteiger charge is 2.12. The summed E-state index contributed by atoms with van der Waals surface area (Å²) < 4.78 is 0. The molecule has 2 rings (SSSR count). The molecule has 2 aromatic rings. The van der Waals surface area contributed by atoms with Gasteiger partial charge < -0.3 is 15.5 Å². The van der Waals surface area contributed by atoms with Gasteiger partial charge in [-0.1, -0.05) is 54.1 Å². The van der Waals surface area contributed by atoms with Crippen LogP contribution in [-0.4, -0.2) is 36.5 Å². The fraction of sp³-hybridized carbons (Fsp3) is 0.391. The zero-order chi connectivity index (χ0) is 20.5. The maximum atomic E-state index is 12.2. The van der Waals surface area contributed by atoms with Crippen molar-refractivity contribution in [2.75, 3.05) is 13.6 Å². The van der Waals surface area contributed by atoms with Gasteiger partial charge in [-0.2, -0.15) is 0 Å². The average molecular weight is 382 g/mol. The van der Waals surface area contributed by atoms with Crippen molar-refractivity contribution in [1.82, 2.24) is 15.5 Å². The number of nitrogens with one attached hydrogen (secondary N) is 2. The van der Waals surface area contributed by atoms with E-state index in [1.165, 1.54) is 16.7 Å². The lowest BCUT2D eigenvalue weighted by atomic mass is 10.00. The fourth-order valence-corrected chi connectivity index (χ4v) is 3.15. The molecule has 0 fully saturated rings. The summed E-state index contributed by atoms with van der Waals surface area (Å²) in [5.74, 6) is 0.00693. The largest absolute Gasteiger partial charge is 0.341 e. The lowest BCUT2D eigenvalue weighted by Gasteiger charge is -2.18. The second-order valence-electron chi connectivity index (χ2n) is 7.42. The van der Waals surface area contributed by atoms with Gasteiger partial charge in [0.25, 0.3) is 0 Å². The number of hydrogen-bond acceptors (Lipinski definition) is 2. The van der Waals surface area contributed by atoms with Crippen LogP contribution in [0.3, 0.4) is 0 Å². The molecule has 0 radical (unpaired) electrons. The number of aryl methyl sites for hydroxylation is 2. The maximum Gasteiger partial charge on any atom is 0.315 e. The summed E-state index contributed by atoms with van der Waals surface area (Å²) in [5.41, 5.74) is 4.79. The van der Waals surface area contributed by atoms with E-state index >= 15 is 0 Å². The van der Waals surface area contributed by atoms with Crippen LogP contribution in [0.15, 0.2) is 48.5 Å². The van der Waals surface area contributed by atoms with E-state index in [-0.39, 0.29) is 24.4 Å². The predicted molar refractivity (Wildman–Crippen MR) is 113 cm³/mol. The molecule has 3 amide bonds. The third kappa shape index (κ3) is 7.06. The number of nitrogens with zero attached hydrogens (tertiary/aromatic N) is 1. The third-order valence-electron chi connectivity index (χ3n) is 4.71. The van der Waals surface area contributed by atoms with Gasteiger partial charge in [-0.3, -0.25) is 4.79 Å². The van der Waals surface area contributed by atoms with Crippen molar-refractivity contribution in [2.24, 2.45) is 0 Å². The van der Waals surface area contributed by atoms with Gasteiger partial charge in [0.1, 0.15) is 0 Å². The average Bonchev–Trinajstić information content (AvgIpc) is 2.64. The zero-order valence-corrected chi connectivity index (χ0v) is 17.3. The topological polar surface area (TPSA) is 61.4 Å². The standard InChI is InChI=1S/C23H31N3O2/c1-17-10-11-21(18(2)14-17)15-19(3)25-23(28)24-13-12-22(27)26(4)16-20-8-6-5-7-9-20/h5-11,14,19H,12-13,15-16H2,1-4H3,(H2,24,25,28). The Kier molecular flexibility index (Phi) is 8.05. The highest BCUT2D eigenvalue weighted by Crippen LogP contribution is 2.12. The zero-order valence-electron chi connectivity index (χ0n) is 17.3. The molecule has 0 aliphatic carbocycles. The SMILES string of the molecule is Cc1ccc(CC(C)NC(=O)NCCC(=O)N(C)Cc2ccccc2)c(C)c1. The number of benzene rings is 2. The quantitative estimate of drug-likeness (QED) is 0.734. The number of rotatable bonds is 8. The number of amides is 3. The van der Waals surface area contributed by atoms with Gasteiger partial charge in [0, 0.05) is 32.6 Å². The molecule has 1 atom stereocenters. The Labute approximate surface area is 168 Å². The molecule has 1 unspecified atom stereocenters. The molecule has 0 heterocycles. The summed E-state index contributed by atoms with van der Waals surface area (Å²) in [7, 11) is 1.78. The van der Waals surface area contributed by atoms with E-state index in [2.05, 4.69) is 42.7 Å². The molecule has 5 heteroatoms. The van der Waals surface area contributed by atoms with Crippen molar-refractivity contribution in [2.45, 2.75) is 46.2 Å².